The second-order valence-corrected chi connectivity index (χ2v) is 6.63. The van der Waals surface area contributed by atoms with E-state index in [2.05, 4.69) is 26.6 Å². The van der Waals surface area contributed by atoms with Gasteiger partial charge in [0.25, 0.3) is 0 Å². The number of piperidine rings is 1. The summed E-state index contributed by atoms with van der Waals surface area (Å²) in [7, 11) is 0. The average molecular weight is 325 g/mol. The van der Waals surface area contributed by atoms with Gasteiger partial charge in [0.2, 0.25) is 5.91 Å². The lowest BCUT2D eigenvalue weighted by atomic mass is 9.81. The van der Waals surface area contributed by atoms with Crippen LogP contribution >= 0.6 is 15.9 Å². The number of carbonyl (C=O) groups excluding carboxylic acids is 1. The fourth-order valence-electron chi connectivity index (χ4n) is 2.62. The first-order valence-corrected chi connectivity index (χ1v) is 7.51. The monoisotopic (exact) mass is 324 g/mol. The molecular weight excluding hydrogens is 304 g/mol. The van der Waals surface area contributed by atoms with Crippen molar-refractivity contribution in [3.8, 4) is 0 Å². The normalized spacial score (nSPS) is 23.2. The van der Waals surface area contributed by atoms with Crippen molar-refractivity contribution in [2.75, 3.05) is 18.4 Å². The van der Waals surface area contributed by atoms with Crippen LogP contribution in [0.15, 0.2) is 16.6 Å². The predicted molar refractivity (Wildman–Crippen MR) is 82.5 cm³/mol. The van der Waals surface area contributed by atoms with E-state index in [0.717, 1.165) is 47.2 Å². The van der Waals surface area contributed by atoms with E-state index in [4.69, 9.17) is 0 Å². The summed E-state index contributed by atoms with van der Waals surface area (Å²) in [6.07, 6.45) is 2.00. The zero-order valence-electron chi connectivity index (χ0n) is 11.8. The summed E-state index contributed by atoms with van der Waals surface area (Å²) < 4.78 is 1.05. The molecule has 0 aromatic heterocycles. The molecule has 1 amide bonds. The molecule has 1 heterocycles. The van der Waals surface area contributed by atoms with Gasteiger partial charge in [-0.3, -0.25) is 4.79 Å². The molecule has 4 heteroatoms. The van der Waals surface area contributed by atoms with Crippen LogP contribution in [0.5, 0.6) is 0 Å². The van der Waals surface area contributed by atoms with E-state index in [0.29, 0.717) is 0 Å². The third kappa shape index (κ3) is 3.18. The van der Waals surface area contributed by atoms with E-state index >= 15 is 0 Å². The van der Waals surface area contributed by atoms with E-state index < -0.39 is 0 Å². The lowest BCUT2D eigenvalue weighted by molar-refractivity contribution is -0.125. The second-order valence-electron chi connectivity index (χ2n) is 5.71. The molecule has 0 saturated carbocycles. The summed E-state index contributed by atoms with van der Waals surface area (Å²) >= 11 is 3.48. The molecule has 1 atom stereocenters. The molecule has 104 valence electrons. The van der Waals surface area contributed by atoms with Crippen molar-refractivity contribution in [1.29, 1.82) is 0 Å². The van der Waals surface area contributed by atoms with Crippen LogP contribution in [0.4, 0.5) is 5.69 Å². The molecule has 1 aromatic rings. The molecule has 0 radical (unpaired) electrons. The maximum atomic E-state index is 12.5. The number of nitrogens with one attached hydrogen (secondary N) is 2. The van der Waals surface area contributed by atoms with Crippen LogP contribution in [-0.2, 0) is 4.79 Å². The highest BCUT2D eigenvalue weighted by Crippen LogP contribution is 2.30. The molecule has 1 aliphatic rings. The standard InChI is InChI=1S/C15H21BrN2O/c1-10-7-12(16)8-11(2)13(10)18-14(19)15(3)5-4-6-17-9-15/h7-8,17H,4-6,9H2,1-3H3,(H,18,19). The zero-order chi connectivity index (χ0) is 14.0. The Labute approximate surface area is 123 Å². The fraction of sp³-hybridized carbons (Fsp3) is 0.533. The Morgan fingerprint density at radius 3 is 2.53 bits per heavy atom. The molecule has 1 aliphatic heterocycles. The Morgan fingerprint density at radius 1 is 1.37 bits per heavy atom. The number of hydrogen-bond acceptors (Lipinski definition) is 2. The van der Waals surface area contributed by atoms with Crippen molar-refractivity contribution in [2.24, 2.45) is 5.41 Å². The fourth-order valence-corrected chi connectivity index (χ4v) is 3.31. The summed E-state index contributed by atoms with van der Waals surface area (Å²) in [6.45, 7) is 7.86. The van der Waals surface area contributed by atoms with Gasteiger partial charge in [0, 0.05) is 16.7 Å². The van der Waals surface area contributed by atoms with Crippen molar-refractivity contribution in [3.05, 3.63) is 27.7 Å². The van der Waals surface area contributed by atoms with Gasteiger partial charge in [-0.25, -0.2) is 0 Å². The Kier molecular flexibility index (Phi) is 4.31. The Hall–Kier alpha value is -0.870. The summed E-state index contributed by atoms with van der Waals surface area (Å²) in [6, 6.07) is 4.06. The van der Waals surface area contributed by atoms with E-state index in [1.165, 1.54) is 0 Å². The van der Waals surface area contributed by atoms with Gasteiger partial charge >= 0.3 is 0 Å². The molecule has 0 spiro atoms. The van der Waals surface area contributed by atoms with Gasteiger partial charge in [-0.05, 0) is 63.4 Å². The highest BCUT2D eigenvalue weighted by atomic mass is 79.9. The number of amides is 1. The number of benzene rings is 1. The van der Waals surface area contributed by atoms with Crippen LogP contribution in [-0.4, -0.2) is 19.0 Å². The number of rotatable bonds is 2. The molecular formula is C15H21BrN2O. The smallest absolute Gasteiger partial charge is 0.231 e. The molecule has 1 fully saturated rings. The van der Waals surface area contributed by atoms with Gasteiger partial charge in [-0.2, -0.15) is 0 Å². The zero-order valence-corrected chi connectivity index (χ0v) is 13.4. The topological polar surface area (TPSA) is 41.1 Å². The number of aryl methyl sites for hydroxylation is 2. The second kappa shape index (κ2) is 5.63. The van der Waals surface area contributed by atoms with E-state index in [1.54, 1.807) is 0 Å². The van der Waals surface area contributed by atoms with E-state index in [9.17, 15) is 4.79 Å². The molecule has 1 saturated heterocycles. The molecule has 0 bridgehead atoms. The highest BCUT2D eigenvalue weighted by Gasteiger charge is 2.34. The molecule has 19 heavy (non-hydrogen) atoms. The molecule has 1 unspecified atom stereocenters. The Balaban J connectivity index is 2.19. The van der Waals surface area contributed by atoms with Crippen LogP contribution in [0.1, 0.15) is 30.9 Å². The minimum absolute atomic E-state index is 0.119. The summed E-state index contributed by atoms with van der Waals surface area (Å²) in [5, 5.41) is 6.43. The quantitative estimate of drug-likeness (QED) is 0.875. The van der Waals surface area contributed by atoms with Crippen molar-refractivity contribution >= 4 is 27.5 Å². The molecule has 2 rings (SSSR count). The first-order valence-electron chi connectivity index (χ1n) is 6.71. The Morgan fingerprint density at radius 2 is 2.00 bits per heavy atom. The summed E-state index contributed by atoms with van der Waals surface area (Å²) in [5.41, 5.74) is 2.82. The average Bonchev–Trinajstić information content (AvgIpc) is 2.34. The van der Waals surface area contributed by atoms with Gasteiger partial charge in [0.05, 0.1) is 5.41 Å². The third-order valence-electron chi connectivity index (χ3n) is 3.88. The summed E-state index contributed by atoms with van der Waals surface area (Å²) in [4.78, 5) is 12.5. The number of anilines is 1. The first kappa shape index (κ1) is 14.5. The number of halogens is 1. The molecule has 0 aliphatic carbocycles. The van der Waals surface area contributed by atoms with Crippen molar-refractivity contribution in [3.63, 3.8) is 0 Å². The van der Waals surface area contributed by atoms with Crippen LogP contribution in [0.25, 0.3) is 0 Å². The molecule has 3 nitrogen and oxygen atoms in total. The van der Waals surface area contributed by atoms with Crippen LogP contribution in [0.2, 0.25) is 0 Å². The van der Waals surface area contributed by atoms with Crippen molar-refractivity contribution < 1.29 is 4.79 Å². The maximum Gasteiger partial charge on any atom is 0.231 e. The Bertz CT molecular complexity index is 470. The van der Waals surface area contributed by atoms with Crippen LogP contribution < -0.4 is 10.6 Å². The lowest BCUT2D eigenvalue weighted by Crippen LogP contribution is -2.46. The lowest BCUT2D eigenvalue weighted by Gasteiger charge is -2.33. The van der Waals surface area contributed by atoms with E-state index in [1.807, 2.05) is 32.9 Å². The van der Waals surface area contributed by atoms with Gasteiger partial charge in [0.15, 0.2) is 0 Å². The number of hydrogen-bond donors (Lipinski definition) is 2. The molecule has 2 N–H and O–H groups in total. The van der Waals surface area contributed by atoms with Crippen molar-refractivity contribution in [2.45, 2.75) is 33.6 Å². The molecule has 1 aromatic carbocycles. The van der Waals surface area contributed by atoms with Crippen LogP contribution in [0, 0.1) is 19.3 Å². The first-order chi connectivity index (χ1) is 8.92. The van der Waals surface area contributed by atoms with Gasteiger partial charge in [-0.1, -0.05) is 15.9 Å². The number of carbonyl (C=O) groups is 1. The van der Waals surface area contributed by atoms with E-state index in [-0.39, 0.29) is 11.3 Å². The predicted octanol–water partition coefficient (Wildman–Crippen LogP) is 3.39. The third-order valence-corrected chi connectivity index (χ3v) is 4.34. The minimum atomic E-state index is -0.301. The van der Waals surface area contributed by atoms with Gasteiger partial charge in [0.1, 0.15) is 0 Å². The van der Waals surface area contributed by atoms with Gasteiger partial charge < -0.3 is 10.6 Å². The minimum Gasteiger partial charge on any atom is -0.325 e. The largest absolute Gasteiger partial charge is 0.325 e. The maximum absolute atomic E-state index is 12.5. The highest BCUT2D eigenvalue weighted by molar-refractivity contribution is 9.10. The summed E-state index contributed by atoms with van der Waals surface area (Å²) in [5.74, 6) is 0.119. The van der Waals surface area contributed by atoms with Crippen molar-refractivity contribution in [1.82, 2.24) is 5.32 Å². The van der Waals surface area contributed by atoms with Crippen LogP contribution in [0.3, 0.4) is 0 Å². The SMILES string of the molecule is Cc1cc(Br)cc(C)c1NC(=O)C1(C)CCCNC1. The van der Waals surface area contributed by atoms with Gasteiger partial charge in [-0.15, -0.1) is 0 Å².